The van der Waals surface area contributed by atoms with E-state index in [1.165, 1.54) is 0 Å². The Hall–Kier alpha value is -1.62. The Morgan fingerprint density at radius 3 is 2.65 bits per heavy atom. The molecule has 1 heterocycles. The lowest BCUT2D eigenvalue weighted by atomic mass is 10.3. The first-order chi connectivity index (χ1) is 8.29. The number of nitrogens with zero attached hydrogens (tertiary/aromatic N) is 2. The van der Waals surface area contributed by atoms with Crippen LogP contribution in [-0.4, -0.2) is 17.1 Å². The second kappa shape index (κ2) is 5.63. The molecule has 17 heavy (non-hydrogen) atoms. The third-order valence-corrected chi connectivity index (χ3v) is 2.73. The first-order valence-electron chi connectivity index (χ1n) is 5.02. The summed E-state index contributed by atoms with van der Waals surface area (Å²) in [6.07, 6.45) is 3.38. The molecule has 0 fully saturated rings. The molecule has 0 saturated heterocycles. The Morgan fingerprint density at radius 2 is 2.00 bits per heavy atom. The van der Waals surface area contributed by atoms with Crippen molar-refractivity contribution < 1.29 is 9.47 Å². The van der Waals surface area contributed by atoms with E-state index in [4.69, 9.17) is 9.47 Å². The van der Waals surface area contributed by atoms with Gasteiger partial charge in [-0.05, 0) is 40.2 Å². The van der Waals surface area contributed by atoms with Gasteiger partial charge >= 0.3 is 0 Å². The molecule has 1 aromatic heterocycles. The first-order valence-corrected chi connectivity index (χ1v) is 5.81. The third-order valence-electron chi connectivity index (χ3n) is 2.12. The van der Waals surface area contributed by atoms with Gasteiger partial charge < -0.3 is 9.47 Å². The highest BCUT2D eigenvalue weighted by Crippen LogP contribution is 2.29. The zero-order chi connectivity index (χ0) is 12.1. The monoisotopic (exact) mass is 294 g/mol. The summed E-state index contributed by atoms with van der Waals surface area (Å²) >= 11 is 3.42. The second-order valence-corrected chi connectivity index (χ2v) is 4.10. The van der Waals surface area contributed by atoms with Crippen LogP contribution in [0.3, 0.4) is 0 Å². The van der Waals surface area contributed by atoms with Crippen molar-refractivity contribution in [2.75, 3.05) is 7.11 Å². The lowest BCUT2D eigenvalue weighted by Gasteiger charge is -2.08. The number of rotatable bonds is 4. The average molecular weight is 295 g/mol. The molecule has 2 rings (SSSR count). The number of benzene rings is 1. The Labute approximate surface area is 108 Å². The van der Waals surface area contributed by atoms with Gasteiger partial charge in [0.15, 0.2) is 5.82 Å². The number of halogens is 1. The zero-order valence-corrected chi connectivity index (χ0v) is 10.8. The van der Waals surface area contributed by atoms with Gasteiger partial charge in [-0.15, -0.1) is 0 Å². The maximum atomic E-state index is 5.59. The largest absolute Gasteiger partial charge is 0.497 e. The SMILES string of the molecule is COc1ccc(OCc2ncccn2)c(Br)c1. The smallest absolute Gasteiger partial charge is 0.166 e. The van der Waals surface area contributed by atoms with Crippen molar-refractivity contribution >= 4 is 15.9 Å². The average Bonchev–Trinajstić information content (AvgIpc) is 2.38. The fraction of sp³-hybridized carbons (Fsp3) is 0.167. The van der Waals surface area contributed by atoms with Crippen molar-refractivity contribution in [2.24, 2.45) is 0 Å². The van der Waals surface area contributed by atoms with E-state index < -0.39 is 0 Å². The van der Waals surface area contributed by atoms with Crippen LogP contribution in [0.2, 0.25) is 0 Å². The van der Waals surface area contributed by atoms with E-state index in [9.17, 15) is 0 Å². The number of hydrogen-bond acceptors (Lipinski definition) is 4. The minimum absolute atomic E-state index is 0.339. The minimum Gasteiger partial charge on any atom is -0.497 e. The van der Waals surface area contributed by atoms with Crippen LogP contribution in [0.4, 0.5) is 0 Å². The maximum Gasteiger partial charge on any atom is 0.166 e. The molecule has 2 aromatic rings. The fourth-order valence-corrected chi connectivity index (χ4v) is 1.74. The van der Waals surface area contributed by atoms with E-state index >= 15 is 0 Å². The van der Waals surface area contributed by atoms with Gasteiger partial charge in [0.2, 0.25) is 0 Å². The Kier molecular flexibility index (Phi) is 3.93. The van der Waals surface area contributed by atoms with Gasteiger partial charge in [-0.1, -0.05) is 0 Å². The second-order valence-electron chi connectivity index (χ2n) is 3.25. The van der Waals surface area contributed by atoms with E-state index in [0.29, 0.717) is 12.4 Å². The van der Waals surface area contributed by atoms with Crippen LogP contribution < -0.4 is 9.47 Å². The summed E-state index contributed by atoms with van der Waals surface area (Å²) in [5, 5.41) is 0. The van der Waals surface area contributed by atoms with E-state index in [0.717, 1.165) is 16.0 Å². The van der Waals surface area contributed by atoms with Gasteiger partial charge in [0, 0.05) is 12.4 Å². The molecule has 0 spiro atoms. The lowest BCUT2D eigenvalue weighted by molar-refractivity contribution is 0.293. The van der Waals surface area contributed by atoms with Crippen LogP contribution >= 0.6 is 15.9 Å². The summed E-state index contributed by atoms with van der Waals surface area (Å²) in [5.41, 5.74) is 0. The van der Waals surface area contributed by atoms with E-state index in [-0.39, 0.29) is 0 Å². The first kappa shape index (κ1) is 11.9. The van der Waals surface area contributed by atoms with Crippen LogP contribution in [0.1, 0.15) is 5.82 Å². The third kappa shape index (κ3) is 3.17. The van der Waals surface area contributed by atoms with Crippen LogP contribution in [0.25, 0.3) is 0 Å². The highest BCUT2D eigenvalue weighted by Gasteiger charge is 2.04. The number of hydrogen-bond donors (Lipinski definition) is 0. The molecular formula is C12H11BrN2O2. The molecule has 0 bridgehead atoms. The Bertz CT molecular complexity index is 491. The molecule has 1 aromatic carbocycles. The summed E-state index contributed by atoms with van der Waals surface area (Å²) in [6, 6.07) is 7.30. The van der Waals surface area contributed by atoms with Crippen molar-refractivity contribution in [1.82, 2.24) is 9.97 Å². The predicted molar refractivity (Wildman–Crippen MR) is 67.1 cm³/mol. The Morgan fingerprint density at radius 1 is 1.24 bits per heavy atom. The molecule has 0 saturated carbocycles. The van der Waals surface area contributed by atoms with Gasteiger partial charge in [0.1, 0.15) is 18.1 Å². The van der Waals surface area contributed by atoms with E-state index in [1.54, 1.807) is 25.6 Å². The standard InChI is InChI=1S/C12H11BrN2O2/c1-16-9-3-4-11(10(13)7-9)17-8-12-14-5-2-6-15-12/h2-7H,8H2,1H3. The van der Waals surface area contributed by atoms with Crippen molar-refractivity contribution in [3.05, 3.63) is 47.0 Å². The van der Waals surface area contributed by atoms with E-state index in [1.807, 2.05) is 18.2 Å². The molecule has 0 atom stereocenters. The Balaban J connectivity index is 2.04. The minimum atomic E-state index is 0.339. The molecule has 0 unspecified atom stereocenters. The van der Waals surface area contributed by atoms with Gasteiger partial charge in [0.25, 0.3) is 0 Å². The van der Waals surface area contributed by atoms with Gasteiger partial charge in [-0.2, -0.15) is 0 Å². The number of aromatic nitrogens is 2. The summed E-state index contributed by atoms with van der Waals surface area (Å²) in [4.78, 5) is 8.16. The number of ether oxygens (including phenoxy) is 2. The van der Waals surface area contributed by atoms with Gasteiger partial charge in [0.05, 0.1) is 11.6 Å². The molecular weight excluding hydrogens is 284 g/mol. The molecule has 0 N–H and O–H groups in total. The number of methoxy groups -OCH3 is 1. The molecule has 0 aliphatic rings. The summed E-state index contributed by atoms with van der Waals surface area (Å²) < 4.78 is 11.5. The van der Waals surface area contributed by atoms with Crippen molar-refractivity contribution in [2.45, 2.75) is 6.61 Å². The quantitative estimate of drug-likeness (QED) is 0.870. The van der Waals surface area contributed by atoms with Crippen molar-refractivity contribution in [3.63, 3.8) is 0 Å². The van der Waals surface area contributed by atoms with Crippen molar-refractivity contribution in [3.8, 4) is 11.5 Å². The fourth-order valence-electron chi connectivity index (χ4n) is 1.27. The normalized spacial score (nSPS) is 10.0. The molecule has 0 aliphatic carbocycles. The molecule has 0 amide bonds. The van der Waals surface area contributed by atoms with E-state index in [2.05, 4.69) is 25.9 Å². The molecule has 5 heteroatoms. The molecule has 4 nitrogen and oxygen atoms in total. The molecule has 0 radical (unpaired) electrons. The maximum absolute atomic E-state index is 5.59. The van der Waals surface area contributed by atoms with Gasteiger partial charge in [-0.3, -0.25) is 0 Å². The summed E-state index contributed by atoms with van der Waals surface area (Å²) in [6.45, 7) is 0.339. The predicted octanol–water partition coefficient (Wildman–Crippen LogP) is 2.83. The van der Waals surface area contributed by atoms with Crippen LogP contribution in [0.5, 0.6) is 11.5 Å². The van der Waals surface area contributed by atoms with Crippen molar-refractivity contribution in [1.29, 1.82) is 0 Å². The summed E-state index contributed by atoms with van der Waals surface area (Å²) in [7, 11) is 1.63. The van der Waals surface area contributed by atoms with Crippen LogP contribution in [0.15, 0.2) is 41.1 Å². The topological polar surface area (TPSA) is 44.2 Å². The lowest BCUT2D eigenvalue weighted by Crippen LogP contribution is -2.00. The van der Waals surface area contributed by atoms with Gasteiger partial charge in [-0.25, -0.2) is 9.97 Å². The summed E-state index contributed by atoms with van der Waals surface area (Å²) in [5.74, 6) is 2.16. The highest BCUT2D eigenvalue weighted by molar-refractivity contribution is 9.10. The molecule has 0 aliphatic heterocycles. The highest BCUT2D eigenvalue weighted by atomic mass is 79.9. The molecule has 88 valence electrons. The van der Waals surface area contributed by atoms with Crippen LogP contribution in [-0.2, 0) is 6.61 Å². The zero-order valence-electron chi connectivity index (χ0n) is 9.26. The van der Waals surface area contributed by atoms with Crippen LogP contribution in [0, 0.1) is 0 Å².